The molecule has 0 aromatic heterocycles. The summed E-state index contributed by atoms with van der Waals surface area (Å²) in [6.45, 7) is 18.3. The van der Waals surface area contributed by atoms with Gasteiger partial charge in [-0.25, -0.2) is 0 Å². The Bertz CT molecular complexity index is 891. The van der Waals surface area contributed by atoms with Crippen LogP contribution < -0.4 is 5.32 Å². The van der Waals surface area contributed by atoms with Gasteiger partial charge in [0, 0.05) is 36.4 Å². The van der Waals surface area contributed by atoms with Gasteiger partial charge in [0.05, 0.1) is 10.6 Å². The Hall–Kier alpha value is -1.37. The van der Waals surface area contributed by atoms with Crippen molar-refractivity contribution in [2.45, 2.75) is 86.0 Å². The van der Waals surface area contributed by atoms with E-state index in [0.29, 0.717) is 35.6 Å². The third-order valence-corrected chi connectivity index (χ3v) is 7.62. The SMILES string of the molecule is CCN(C(C)C)C(C)C.Cc1c(N[C@@H](C)[C@@H]2[C@@H](C)CCN2S(=O)(=O)O)ccc(C#N)c1Cl. The molecular formula is C23H39ClN4O3S. The van der Waals surface area contributed by atoms with Gasteiger partial charge in [0.2, 0.25) is 0 Å². The fraction of sp³-hybridized carbons (Fsp3) is 0.696. The van der Waals surface area contributed by atoms with Gasteiger partial charge in [-0.05, 0) is 78.1 Å². The van der Waals surface area contributed by atoms with Crippen LogP contribution in [-0.2, 0) is 10.3 Å². The number of rotatable bonds is 7. The molecule has 0 aliphatic carbocycles. The molecule has 1 aliphatic rings. The molecule has 1 aliphatic heterocycles. The number of hydrogen-bond acceptors (Lipinski definition) is 5. The quantitative estimate of drug-likeness (QED) is 0.529. The maximum absolute atomic E-state index is 11.5. The molecule has 0 spiro atoms. The lowest BCUT2D eigenvalue weighted by Crippen LogP contribution is -2.46. The summed E-state index contributed by atoms with van der Waals surface area (Å²) in [5, 5.41) is 12.6. The highest BCUT2D eigenvalue weighted by Crippen LogP contribution is 2.32. The summed E-state index contributed by atoms with van der Waals surface area (Å²) in [6.07, 6.45) is 0.698. The number of halogens is 1. The first-order valence-corrected chi connectivity index (χ1v) is 13.0. The van der Waals surface area contributed by atoms with Gasteiger partial charge < -0.3 is 5.32 Å². The van der Waals surface area contributed by atoms with Gasteiger partial charge >= 0.3 is 10.3 Å². The summed E-state index contributed by atoms with van der Waals surface area (Å²) in [5.41, 5.74) is 1.88. The summed E-state index contributed by atoms with van der Waals surface area (Å²) in [4.78, 5) is 2.46. The molecule has 1 saturated heterocycles. The Morgan fingerprint density at radius 2 is 1.84 bits per heavy atom. The summed E-state index contributed by atoms with van der Waals surface area (Å²) in [5.74, 6) is 0.119. The monoisotopic (exact) mass is 486 g/mol. The Morgan fingerprint density at radius 1 is 1.28 bits per heavy atom. The Morgan fingerprint density at radius 3 is 2.25 bits per heavy atom. The largest absolute Gasteiger partial charge is 0.381 e. The van der Waals surface area contributed by atoms with Gasteiger partial charge in [-0.1, -0.05) is 25.4 Å². The third kappa shape index (κ3) is 7.32. The van der Waals surface area contributed by atoms with E-state index in [-0.39, 0.29) is 18.0 Å². The van der Waals surface area contributed by atoms with Crippen molar-refractivity contribution in [1.82, 2.24) is 9.21 Å². The summed E-state index contributed by atoms with van der Waals surface area (Å²) in [7, 11) is -4.23. The van der Waals surface area contributed by atoms with E-state index in [1.54, 1.807) is 19.1 Å². The van der Waals surface area contributed by atoms with Gasteiger partial charge in [0.1, 0.15) is 6.07 Å². The van der Waals surface area contributed by atoms with Crippen molar-refractivity contribution in [2.24, 2.45) is 5.92 Å². The zero-order valence-corrected chi connectivity index (χ0v) is 22.1. The number of nitrogens with one attached hydrogen (secondary N) is 1. The highest BCUT2D eigenvalue weighted by atomic mass is 35.5. The topological polar surface area (TPSA) is 96.7 Å². The minimum atomic E-state index is -4.23. The van der Waals surface area contributed by atoms with Crippen molar-refractivity contribution in [3.8, 4) is 6.07 Å². The molecule has 3 atom stereocenters. The molecule has 1 fully saturated rings. The predicted molar refractivity (Wildman–Crippen MR) is 132 cm³/mol. The average Bonchev–Trinajstić information content (AvgIpc) is 3.08. The molecule has 1 aromatic carbocycles. The second-order valence-corrected chi connectivity index (χ2v) is 10.8. The highest BCUT2D eigenvalue weighted by Gasteiger charge is 2.41. The molecule has 2 rings (SSSR count). The lowest BCUT2D eigenvalue weighted by Gasteiger charge is -2.31. The van der Waals surface area contributed by atoms with E-state index < -0.39 is 10.3 Å². The fourth-order valence-electron chi connectivity index (χ4n) is 4.53. The van der Waals surface area contributed by atoms with Crippen LogP contribution in [0.3, 0.4) is 0 Å². The second kappa shape index (κ2) is 12.2. The van der Waals surface area contributed by atoms with E-state index in [1.165, 1.54) is 0 Å². The zero-order chi connectivity index (χ0) is 24.8. The van der Waals surface area contributed by atoms with Crippen LogP contribution in [0.15, 0.2) is 12.1 Å². The summed E-state index contributed by atoms with van der Waals surface area (Å²) in [6, 6.07) is 6.22. The molecule has 2 N–H and O–H groups in total. The van der Waals surface area contributed by atoms with Crippen LogP contribution in [0.4, 0.5) is 5.69 Å². The van der Waals surface area contributed by atoms with Crippen LogP contribution in [0, 0.1) is 24.2 Å². The van der Waals surface area contributed by atoms with Crippen LogP contribution >= 0.6 is 11.6 Å². The van der Waals surface area contributed by atoms with Gasteiger partial charge in [0.15, 0.2) is 0 Å². The minimum Gasteiger partial charge on any atom is -0.381 e. The van der Waals surface area contributed by atoms with E-state index in [2.05, 4.69) is 44.8 Å². The van der Waals surface area contributed by atoms with Crippen LogP contribution in [0.1, 0.15) is 66.0 Å². The summed E-state index contributed by atoms with van der Waals surface area (Å²) >= 11 is 6.16. The maximum Gasteiger partial charge on any atom is 0.336 e. The Kier molecular flexibility index (Phi) is 10.9. The molecule has 1 heterocycles. The van der Waals surface area contributed by atoms with Crippen LogP contribution in [0.5, 0.6) is 0 Å². The van der Waals surface area contributed by atoms with Crippen LogP contribution in [0.25, 0.3) is 0 Å². The first-order valence-electron chi connectivity index (χ1n) is 11.2. The molecule has 32 heavy (non-hydrogen) atoms. The van der Waals surface area contributed by atoms with Gasteiger partial charge in [-0.2, -0.15) is 18.0 Å². The first-order chi connectivity index (χ1) is 14.8. The van der Waals surface area contributed by atoms with Crippen molar-refractivity contribution in [3.63, 3.8) is 0 Å². The van der Waals surface area contributed by atoms with E-state index in [9.17, 15) is 13.0 Å². The van der Waals surface area contributed by atoms with E-state index in [0.717, 1.165) is 22.1 Å². The molecule has 0 radical (unpaired) electrons. The van der Waals surface area contributed by atoms with E-state index in [1.807, 2.05) is 19.9 Å². The summed E-state index contributed by atoms with van der Waals surface area (Å²) < 4.78 is 33.6. The normalized spacial score (nSPS) is 20.2. The molecule has 0 bridgehead atoms. The first kappa shape index (κ1) is 28.7. The molecular weight excluding hydrogens is 448 g/mol. The van der Waals surface area contributed by atoms with Gasteiger partial charge in [0.25, 0.3) is 0 Å². The maximum atomic E-state index is 11.5. The molecule has 1 aromatic rings. The fourth-order valence-corrected chi connectivity index (χ4v) is 5.77. The smallest absolute Gasteiger partial charge is 0.336 e. The van der Waals surface area contributed by atoms with Crippen molar-refractivity contribution >= 4 is 27.6 Å². The second-order valence-electron chi connectivity index (χ2n) is 9.01. The van der Waals surface area contributed by atoms with Crippen molar-refractivity contribution < 1.29 is 13.0 Å². The molecule has 9 heteroatoms. The molecule has 7 nitrogen and oxygen atoms in total. The van der Waals surface area contributed by atoms with Gasteiger partial charge in [-0.3, -0.25) is 9.45 Å². The molecule has 182 valence electrons. The Labute approximate surface area is 199 Å². The van der Waals surface area contributed by atoms with Crippen LogP contribution in [0.2, 0.25) is 5.02 Å². The number of nitrogens with zero attached hydrogens (tertiary/aromatic N) is 3. The molecule has 0 unspecified atom stereocenters. The highest BCUT2D eigenvalue weighted by molar-refractivity contribution is 7.83. The van der Waals surface area contributed by atoms with E-state index in [4.69, 9.17) is 16.9 Å². The van der Waals surface area contributed by atoms with Crippen LogP contribution in [-0.4, -0.2) is 59.4 Å². The lowest BCUT2D eigenvalue weighted by molar-refractivity contribution is 0.185. The third-order valence-electron chi connectivity index (χ3n) is 6.11. The van der Waals surface area contributed by atoms with Crippen molar-refractivity contribution in [3.05, 3.63) is 28.3 Å². The standard InChI is InChI=1S/C15H20ClN3O3S.C8H19N/c1-9-6-7-19(23(20,21)22)15(9)11(3)18-13-5-4-12(8-17)14(16)10(13)2;1-6-9(7(2)3)8(4)5/h4-5,9,11,15,18H,6-7H2,1-3H3,(H,20,21,22);7-8H,6H2,1-5H3/t9-,11-,15-;/m0./s1. The predicted octanol–water partition coefficient (Wildman–Crippen LogP) is 4.96. The van der Waals surface area contributed by atoms with Gasteiger partial charge in [-0.15, -0.1) is 0 Å². The van der Waals surface area contributed by atoms with Crippen molar-refractivity contribution in [1.29, 1.82) is 5.26 Å². The average molecular weight is 487 g/mol. The van der Waals surface area contributed by atoms with Crippen molar-refractivity contribution in [2.75, 3.05) is 18.4 Å². The number of nitriles is 1. The minimum absolute atomic E-state index is 0.119. The number of benzene rings is 1. The zero-order valence-electron chi connectivity index (χ0n) is 20.6. The lowest BCUT2D eigenvalue weighted by atomic mass is 9.97. The number of anilines is 1. The van der Waals surface area contributed by atoms with E-state index >= 15 is 0 Å². The number of hydrogen-bond donors (Lipinski definition) is 2. The molecule has 0 saturated carbocycles. The Balaban J connectivity index is 0.000000482. The molecule has 0 amide bonds.